The second-order valence-corrected chi connectivity index (χ2v) is 4.41. The van der Waals surface area contributed by atoms with Gasteiger partial charge in [0.25, 0.3) is 0 Å². The first kappa shape index (κ1) is 14.1. The van der Waals surface area contributed by atoms with E-state index in [-0.39, 0.29) is 0 Å². The number of aromatic nitrogens is 1. The van der Waals surface area contributed by atoms with Gasteiger partial charge in [-0.3, -0.25) is 5.43 Å². The smallest absolute Gasteiger partial charge is 0.205 e. The Balaban J connectivity index is 2.24. The number of nitrogens with one attached hydrogen (secondary N) is 1. The van der Waals surface area contributed by atoms with E-state index in [2.05, 4.69) is 20.2 Å². The monoisotopic (exact) mass is 302 g/mol. The number of anilines is 2. The van der Waals surface area contributed by atoms with Gasteiger partial charge in [-0.1, -0.05) is 0 Å². The molecule has 20 heavy (non-hydrogen) atoms. The second-order valence-electron chi connectivity index (χ2n) is 3.55. The van der Waals surface area contributed by atoms with E-state index in [0.29, 0.717) is 17.0 Å². The molecule has 0 bridgehead atoms. The molecule has 0 unspecified atom stereocenters. The maximum atomic E-state index is 13.8. The van der Waals surface area contributed by atoms with Crippen LogP contribution in [0.25, 0.3) is 0 Å². The highest BCUT2D eigenvalue weighted by atomic mass is 32.1. The Bertz CT molecular complexity index is 659. The number of hydrogen-bond acceptors (Lipinski definition) is 6. The van der Waals surface area contributed by atoms with E-state index in [0.717, 1.165) is 13.3 Å². The average molecular weight is 302 g/mol. The van der Waals surface area contributed by atoms with Crippen molar-refractivity contribution in [3.05, 3.63) is 34.5 Å². The van der Waals surface area contributed by atoms with Crippen molar-refractivity contribution in [1.29, 1.82) is 0 Å². The summed E-state index contributed by atoms with van der Waals surface area (Å²) in [6.07, 6.45) is 0.865. The molecule has 0 fully saturated rings. The van der Waals surface area contributed by atoms with Crippen molar-refractivity contribution in [2.75, 3.05) is 18.3 Å². The van der Waals surface area contributed by atoms with Gasteiger partial charge in [0.1, 0.15) is 11.6 Å². The second kappa shape index (κ2) is 5.78. The summed E-state index contributed by atoms with van der Waals surface area (Å²) in [6.45, 7) is 0. The minimum absolute atomic E-state index is 0.300. The van der Waals surface area contributed by atoms with Gasteiger partial charge in [0.15, 0.2) is 17.4 Å². The molecule has 2 rings (SSSR count). The van der Waals surface area contributed by atoms with Gasteiger partial charge in [-0.2, -0.15) is 5.10 Å². The van der Waals surface area contributed by atoms with Crippen molar-refractivity contribution in [2.24, 2.45) is 5.10 Å². The Morgan fingerprint density at radius 3 is 2.75 bits per heavy atom. The molecule has 0 radical (unpaired) electrons. The number of thiazole rings is 1. The molecule has 0 spiro atoms. The molecule has 0 saturated carbocycles. The lowest BCUT2D eigenvalue weighted by atomic mass is 10.2. The number of hydrogen-bond donors (Lipinski definition) is 2. The van der Waals surface area contributed by atoms with Crippen molar-refractivity contribution in [2.45, 2.75) is 0 Å². The quantitative estimate of drug-likeness (QED) is 0.672. The first-order chi connectivity index (χ1) is 9.52. The van der Waals surface area contributed by atoms with Crippen molar-refractivity contribution in [3.8, 4) is 5.75 Å². The SMILES string of the molecule is COc1c(F)cc(F)c(C=NNc2nc(N)cs2)c1F. The summed E-state index contributed by atoms with van der Waals surface area (Å²) in [5.74, 6) is -3.76. The molecule has 1 heterocycles. The average Bonchev–Trinajstić information content (AvgIpc) is 2.79. The van der Waals surface area contributed by atoms with E-state index < -0.39 is 28.8 Å². The highest BCUT2D eigenvalue weighted by Crippen LogP contribution is 2.25. The standard InChI is InChI=1S/C11H9F3N4OS/c1-19-10-7(13)2-6(12)5(9(10)14)3-16-18-11-17-8(15)4-20-11/h2-4H,15H2,1H3,(H,17,18). The minimum atomic E-state index is -1.17. The van der Waals surface area contributed by atoms with Crippen LogP contribution in [0.5, 0.6) is 5.75 Å². The summed E-state index contributed by atoms with van der Waals surface area (Å²) in [7, 11) is 1.08. The number of nitrogens with two attached hydrogens (primary N) is 1. The Labute approximate surface area is 115 Å². The van der Waals surface area contributed by atoms with Crippen LogP contribution in [0, 0.1) is 17.5 Å². The van der Waals surface area contributed by atoms with Crippen LogP contribution < -0.4 is 15.9 Å². The number of methoxy groups -OCH3 is 1. The van der Waals surface area contributed by atoms with Gasteiger partial charge < -0.3 is 10.5 Å². The maximum absolute atomic E-state index is 13.8. The first-order valence-corrected chi connectivity index (χ1v) is 6.12. The molecule has 1 aromatic heterocycles. The molecular formula is C11H9F3N4OS. The summed E-state index contributed by atoms with van der Waals surface area (Å²) in [4.78, 5) is 3.83. The molecule has 0 aliphatic carbocycles. The van der Waals surface area contributed by atoms with Gasteiger partial charge >= 0.3 is 0 Å². The third-order valence-corrected chi connectivity index (χ3v) is 3.01. The van der Waals surface area contributed by atoms with Gasteiger partial charge in [-0.05, 0) is 0 Å². The molecule has 106 valence electrons. The number of hydrazone groups is 1. The molecule has 9 heteroatoms. The third kappa shape index (κ3) is 2.82. The van der Waals surface area contributed by atoms with Crippen LogP contribution in [0.1, 0.15) is 5.56 Å². The fourth-order valence-corrected chi connectivity index (χ4v) is 1.93. The predicted octanol–water partition coefficient (Wildman–Crippen LogP) is 2.60. The van der Waals surface area contributed by atoms with Crippen LogP contribution in [-0.2, 0) is 0 Å². The van der Waals surface area contributed by atoms with Crippen LogP contribution in [0.3, 0.4) is 0 Å². The van der Waals surface area contributed by atoms with Gasteiger partial charge in [0, 0.05) is 11.4 Å². The van der Waals surface area contributed by atoms with Crippen LogP contribution in [0.4, 0.5) is 24.1 Å². The highest BCUT2D eigenvalue weighted by molar-refractivity contribution is 7.14. The maximum Gasteiger partial charge on any atom is 0.205 e. The Morgan fingerprint density at radius 1 is 1.40 bits per heavy atom. The zero-order chi connectivity index (χ0) is 14.7. The third-order valence-electron chi connectivity index (χ3n) is 2.24. The topological polar surface area (TPSA) is 72.5 Å². The van der Waals surface area contributed by atoms with E-state index in [1.165, 1.54) is 11.3 Å². The van der Waals surface area contributed by atoms with Crippen LogP contribution in [0.15, 0.2) is 16.5 Å². The minimum Gasteiger partial charge on any atom is -0.491 e. The number of nitrogen functional groups attached to an aromatic ring is 1. The van der Waals surface area contributed by atoms with E-state index in [4.69, 9.17) is 5.73 Å². The van der Waals surface area contributed by atoms with Gasteiger partial charge in [-0.25, -0.2) is 18.2 Å². The van der Waals surface area contributed by atoms with E-state index in [1.807, 2.05) is 0 Å². The number of nitrogens with zero attached hydrogens (tertiary/aromatic N) is 2. The first-order valence-electron chi connectivity index (χ1n) is 5.24. The Kier molecular flexibility index (Phi) is 4.08. The summed E-state index contributed by atoms with van der Waals surface area (Å²) < 4.78 is 44.9. The van der Waals surface area contributed by atoms with Crippen molar-refractivity contribution in [3.63, 3.8) is 0 Å². The molecule has 0 amide bonds. The molecule has 1 aromatic carbocycles. The fourth-order valence-electron chi connectivity index (χ4n) is 1.38. The molecule has 0 aliphatic rings. The summed E-state index contributed by atoms with van der Waals surface area (Å²) >= 11 is 1.17. The molecule has 5 nitrogen and oxygen atoms in total. The van der Waals surface area contributed by atoms with Crippen LogP contribution in [0.2, 0.25) is 0 Å². The van der Waals surface area contributed by atoms with E-state index in [1.54, 1.807) is 5.38 Å². The number of halogens is 3. The van der Waals surface area contributed by atoms with Crippen molar-refractivity contribution < 1.29 is 17.9 Å². The summed E-state index contributed by atoms with van der Waals surface area (Å²) in [5.41, 5.74) is 7.32. The molecule has 2 aromatic rings. The van der Waals surface area contributed by atoms with Gasteiger partial charge in [0.05, 0.1) is 18.9 Å². The molecule has 3 N–H and O–H groups in total. The fraction of sp³-hybridized carbons (Fsp3) is 0.0909. The Hall–Kier alpha value is -2.29. The summed E-state index contributed by atoms with van der Waals surface area (Å²) in [5, 5.41) is 5.54. The highest BCUT2D eigenvalue weighted by Gasteiger charge is 2.18. The molecular weight excluding hydrogens is 293 g/mol. The van der Waals surface area contributed by atoms with Crippen molar-refractivity contribution in [1.82, 2.24) is 4.98 Å². The van der Waals surface area contributed by atoms with Gasteiger partial charge in [0.2, 0.25) is 5.13 Å². The van der Waals surface area contributed by atoms with E-state index in [9.17, 15) is 13.2 Å². The lowest BCUT2D eigenvalue weighted by Gasteiger charge is -2.06. The van der Waals surface area contributed by atoms with Crippen LogP contribution in [-0.4, -0.2) is 18.3 Å². The number of ether oxygens (including phenoxy) is 1. The lowest BCUT2D eigenvalue weighted by Crippen LogP contribution is -2.02. The van der Waals surface area contributed by atoms with Gasteiger partial charge in [-0.15, -0.1) is 11.3 Å². The predicted molar refractivity (Wildman–Crippen MR) is 70.6 cm³/mol. The zero-order valence-electron chi connectivity index (χ0n) is 10.2. The Morgan fingerprint density at radius 2 is 2.15 bits per heavy atom. The zero-order valence-corrected chi connectivity index (χ0v) is 11.0. The van der Waals surface area contributed by atoms with Crippen molar-refractivity contribution >= 4 is 28.5 Å². The largest absolute Gasteiger partial charge is 0.491 e. The molecule has 0 atom stereocenters. The normalized spacial score (nSPS) is 11.0. The molecule has 0 saturated heterocycles. The van der Waals surface area contributed by atoms with Crippen LogP contribution >= 0.6 is 11.3 Å². The summed E-state index contributed by atoms with van der Waals surface area (Å²) in [6, 6.07) is 0.518. The lowest BCUT2D eigenvalue weighted by molar-refractivity contribution is 0.355. The number of benzene rings is 1. The molecule has 0 aliphatic heterocycles. The number of rotatable bonds is 4. The van der Waals surface area contributed by atoms with E-state index >= 15 is 0 Å².